The molecular weight excluding hydrogens is 228 g/mol. The number of piperidine rings is 1. The first-order chi connectivity index (χ1) is 6.36. The van der Waals surface area contributed by atoms with Crippen molar-refractivity contribution in [3.8, 4) is 0 Å². The lowest BCUT2D eigenvalue weighted by molar-refractivity contribution is 0.412. The molecule has 0 amide bonds. The average Bonchev–Trinajstić information content (AvgIpc) is 2.19. The van der Waals surface area contributed by atoms with Crippen LogP contribution in [0.5, 0.6) is 0 Å². The molecule has 1 aromatic rings. The number of rotatable bonds is 1. The second-order valence-electron chi connectivity index (χ2n) is 3.41. The van der Waals surface area contributed by atoms with Crippen LogP contribution in [0.1, 0.15) is 30.9 Å². The van der Waals surface area contributed by atoms with Crippen molar-refractivity contribution in [2.45, 2.75) is 25.3 Å². The summed E-state index contributed by atoms with van der Waals surface area (Å²) in [5.41, 5.74) is 1.35. The Labute approximate surface area is 86.9 Å². The highest BCUT2D eigenvalue weighted by molar-refractivity contribution is 9.10. The van der Waals surface area contributed by atoms with Gasteiger partial charge in [-0.3, -0.25) is 0 Å². The zero-order valence-corrected chi connectivity index (χ0v) is 9.05. The summed E-state index contributed by atoms with van der Waals surface area (Å²) < 4.78 is 0.928. The van der Waals surface area contributed by atoms with Gasteiger partial charge in [0, 0.05) is 12.2 Å². The van der Waals surface area contributed by atoms with Crippen molar-refractivity contribution in [2.24, 2.45) is 0 Å². The molecule has 0 unspecified atom stereocenters. The molecule has 2 rings (SSSR count). The quantitative estimate of drug-likeness (QED) is 0.764. The topological polar surface area (TPSA) is 24.9 Å². The summed E-state index contributed by atoms with van der Waals surface area (Å²) in [5, 5.41) is 3.51. The van der Waals surface area contributed by atoms with E-state index in [1.807, 2.05) is 6.20 Å². The van der Waals surface area contributed by atoms with Gasteiger partial charge in [-0.25, -0.2) is 4.98 Å². The predicted molar refractivity (Wildman–Crippen MR) is 56.5 cm³/mol. The fraction of sp³-hybridized carbons (Fsp3) is 0.500. The number of aromatic nitrogens is 1. The molecule has 70 valence electrons. The first-order valence-electron chi connectivity index (χ1n) is 4.71. The predicted octanol–water partition coefficient (Wildman–Crippen LogP) is 2.66. The van der Waals surface area contributed by atoms with Crippen LogP contribution in [0.15, 0.2) is 22.9 Å². The molecule has 0 aromatic carbocycles. The van der Waals surface area contributed by atoms with Gasteiger partial charge in [0.15, 0.2) is 0 Å². The molecule has 0 radical (unpaired) electrons. The average molecular weight is 241 g/mol. The molecule has 1 aliphatic heterocycles. The Morgan fingerprint density at radius 1 is 1.46 bits per heavy atom. The molecule has 1 fully saturated rings. The van der Waals surface area contributed by atoms with Crippen LogP contribution >= 0.6 is 15.9 Å². The molecule has 3 heteroatoms. The van der Waals surface area contributed by atoms with Crippen LogP contribution in [0.25, 0.3) is 0 Å². The first-order valence-corrected chi connectivity index (χ1v) is 5.50. The molecule has 13 heavy (non-hydrogen) atoms. The molecule has 2 heterocycles. The lowest BCUT2D eigenvalue weighted by atomic mass is 9.99. The minimum Gasteiger partial charge on any atom is -0.310 e. The van der Waals surface area contributed by atoms with Crippen LogP contribution in [-0.2, 0) is 0 Å². The number of hydrogen-bond acceptors (Lipinski definition) is 2. The minimum absolute atomic E-state index is 0.535. The van der Waals surface area contributed by atoms with Crippen LogP contribution in [0.3, 0.4) is 0 Å². The molecule has 2 nitrogen and oxygen atoms in total. The van der Waals surface area contributed by atoms with Crippen molar-refractivity contribution in [2.75, 3.05) is 6.54 Å². The number of hydrogen-bond donors (Lipinski definition) is 1. The highest BCUT2D eigenvalue weighted by Gasteiger charge is 2.14. The van der Waals surface area contributed by atoms with Gasteiger partial charge in [-0.15, -0.1) is 0 Å². The molecule has 0 spiro atoms. The number of nitrogens with zero attached hydrogens (tertiary/aromatic N) is 1. The summed E-state index contributed by atoms with van der Waals surface area (Å²) in [6.45, 7) is 1.14. The van der Waals surface area contributed by atoms with E-state index in [1.54, 1.807) is 0 Å². The summed E-state index contributed by atoms with van der Waals surface area (Å²) in [7, 11) is 0. The van der Waals surface area contributed by atoms with Gasteiger partial charge in [-0.1, -0.05) is 6.42 Å². The zero-order valence-electron chi connectivity index (χ0n) is 7.46. The maximum Gasteiger partial charge on any atom is 0.106 e. The Morgan fingerprint density at radius 3 is 3.08 bits per heavy atom. The van der Waals surface area contributed by atoms with E-state index in [4.69, 9.17) is 0 Å². The Balaban J connectivity index is 2.14. The molecule has 1 aromatic heterocycles. The van der Waals surface area contributed by atoms with Gasteiger partial charge < -0.3 is 5.32 Å². The lowest BCUT2D eigenvalue weighted by Crippen LogP contribution is -2.26. The lowest BCUT2D eigenvalue weighted by Gasteiger charge is -2.23. The summed E-state index contributed by atoms with van der Waals surface area (Å²) in [6.07, 6.45) is 5.74. The molecule has 1 atom stereocenters. The van der Waals surface area contributed by atoms with Gasteiger partial charge in [-0.05, 0) is 53.0 Å². The van der Waals surface area contributed by atoms with Crippen molar-refractivity contribution in [1.29, 1.82) is 0 Å². The number of halogens is 1. The molecule has 1 N–H and O–H groups in total. The van der Waals surface area contributed by atoms with Gasteiger partial charge in [0.05, 0.1) is 0 Å². The monoisotopic (exact) mass is 240 g/mol. The maximum atomic E-state index is 4.12. The van der Waals surface area contributed by atoms with E-state index in [0.29, 0.717) is 6.04 Å². The van der Waals surface area contributed by atoms with E-state index in [1.165, 1.54) is 24.8 Å². The number of pyridine rings is 1. The third kappa shape index (κ3) is 2.29. The second kappa shape index (κ2) is 4.20. The van der Waals surface area contributed by atoms with Crippen molar-refractivity contribution in [3.63, 3.8) is 0 Å². The fourth-order valence-corrected chi connectivity index (χ4v) is 2.15. The Kier molecular flexibility index (Phi) is 2.96. The molecule has 1 aliphatic rings. The molecule has 1 saturated heterocycles. The van der Waals surface area contributed by atoms with Crippen molar-refractivity contribution in [1.82, 2.24) is 10.3 Å². The van der Waals surface area contributed by atoms with Gasteiger partial charge in [0.1, 0.15) is 4.60 Å². The van der Waals surface area contributed by atoms with Gasteiger partial charge in [0.2, 0.25) is 0 Å². The highest BCUT2D eigenvalue weighted by Crippen LogP contribution is 2.23. The van der Waals surface area contributed by atoms with Gasteiger partial charge in [-0.2, -0.15) is 0 Å². The Morgan fingerprint density at radius 2 is 2.38 bits per heavy atom. The van der Waals surface area contributed by atoms with Crippen LogP contribution in [-0.4, -0.2) is 11.5 Å². The standard InChI is InChI=1S/C10H13BrN2/c11-10-7-8(4-6-13-10)9-3-1-2-5-12-9/h4,6-7,9,12H,1-3,5H2/t9-/m1/s1. The van der Waals surface area contributed by atoms with Crippen LogP contribution < -0.4 is 5.32 Å². The van der Waals surface area contributed by atoms with Gasteiger partial charge >= 0.3 is 0 Å². The van der Waals surface area contributed by atoms with E-state index in [9.17, 15) is 0 Å². The molecular formula is C10H13BrN2. The van der Waals surface area contributed by atoms with Crippen LogP contribution in [0.4, 0.5) is 0 Å². The van der Waals surface area contributed by atoms with Crippen LogP contribution in [0, 0.1) is 0 Å². The fourth-order valence-electron chi connectivity index (χ4n) is 1.77. The summed E-state index contributed by atoms with van der Waals surface area (Å²) in [6, 6.07) is 4.73. The van der Waals surface area contributed by atoms with Crippen molar-refractivity contribution >= 4 is 15.9 Å². The summed E-state index contributed by atoms with van der Waals surface area (Å²) >= 11 is 3.39. The number of nitrogens with one attached hydrogen (secondary N) is 1. The van der Waals surface area contributed by atoms with E-state index in [2.05, 4.69) is 38.4 Å². The Hall–Kier alpha value is -0.410. The molecule has 0 saturated carbocycles. The third-order valence-corrected chi connectivity index (χ3v) is 2.90. The van der Waals surface area contributed by atoms with Crippen molar-refractivity contribution < 1.29 is 0 Å². The second-order valence-corrected chi connectivity index (χ2v) is 4.23. The van der Waals surface area contributed by atoms with E-state index >= 15 is 0 Å². The highest BCUT2D eigenvalue weighted by atomic mass is 79.9. The maximum absolute atomic E-state index is 4.12. The zero-order chi connectivity index (χ0) is 9.10. The van der Waals surface area contributed by atoms with E-state index in [0.717, 1.165) is 11.1 Å². The largest absolute Gasteiger partial charge is 0.310 e. The smallest absolute Gasteiger partial charge is 0.106 e. The van der Waals surface area contributed by atoms with Gasteiger partial charge in [0.25, 0.3) is 0 Å². The van der Waals surface area contributed by atoms with E-state index < -0.39 is 0 Å². The normalized spacial score (nSPS) is 23.0. The summed E-state index contributed by atoms with van der Waals surface area (Å²) in [5.74, 6) is 0. The third-order valence-electron chi connectivity index (χ3n) is 2.46. The Bertz CT molecular complexity index is 282. The van der Waals surface area contributed by atoms with Crippen LogP contribution in [0.2, 0.25) is 0 Å². The summed E-state index contributed by atoms with van der Waals surface area (Å²) in [4.78, 5) is 4.12. The SMILES string of the molecule is Brc1cc([C@H]2CCCCN2)ccn1. The first kappa shape index (κ1) is 9.16. The minimum atomic E-state index is 0.535. The van der Waals surface area contributed by atoms with Crippen molar-refractivity contribution in [3.05, 3.63) is 28.5 Å². The van der Waals surface area contributed by atoms with E-state index in [-0.39, 0.29) is 0 Å². The molecule has 0 bridgehead atoms. The molecule has 0 aliphatic carbocycles.